The Hall–Kier alpha value is -1.91. The van der Waals surface area contributed by atoms with Crippen LogP contribution in [0, 0.1) is 0 Å². The summed E-state index contributed by atoms with van der Waals surface area (Å²) in [5.74, 6) is 1.43. The zero-order chi connectivity index (χ0) is 13.1. The minimum Gasteiger partial charge on any atom is -0.493 e. The van der Waals surface area contributed by atoms with Crippen LogP contribution in [0.2, 0.25) is 0 Å². The standard InChI is InChI=1S/C13H18N2O3/c1-15-8-10(14-13(15)16)6-9-4-5-11(17-2)12(7-9)18-3/h4-5,7,10H,6,8H2,1-3H3,(H,14,16). The summed E-state index contributed by atoms with van der Waals surface area (Å²) >= 11 is 0. The quantitative estimate of drug-likeness (QED) is 0.875. The summed E-state index contributed by atoms with van der Waals surface area (Å²) in [6.45, 7) is 0.729. The third kappa shape index (κ3) is 2.50. The lowest BCUT2D eigenvalue weighted by Gasteiger charge is -2.12. The van der Waals surface area contributed by atoms with Gasteiger partial charge in [0.15, 0.2) is 11.5 Å². The number of benzene rings is 1. The van der Waals surface area contributed by atoms with Gasteiger partial charge in [-0.2, -0.15) is 0 Å². The van der Waals surface area contributed by atoms with Crippen molar-refractivity contribution in [3.63, 3.8) is 0 Å². The van der Waals surface area contributed by atoms with Gasteiger partial charge in [-0.3, -0.25) is 0 Å². The SMILES string of the molecule is COc1ccc(CC2CN(C)C(=O)N2)cc1OC. The minimum absolute atomic E-state index is 0.0134. The van der Waals surface area contributed by atoms with Crippen LogP contribution in [0.25, 0.3) is 0 Å². The molecule has 1 aromatic rings. The molecule has 1 unspecified atom stereocenters. The van der Waals surface area contributed by atoms with Crippen molar-refractivity contribution in [2.75, 3.05) is 27.8 Å². The summed E-state index contributed by atoms with van der Waals surface area (Å²) in [7, 11) is 5.03. The fourth-order valence-electron chi connectivity index (χ4n) is 2.15. The number of likely N-dealkylation sites (N-methyl/N-ethyl adjacent to an activating group) is 1. The van der Waals surface area contributed by atoms with E-state index in [0.717, 1.165) is 18.5 Å². The predicted molar refractivity (Wildman–Crippen MR) is 68.2 cm³/mol. The Morgan fingerprint density at radius 1 is 1.33 bits per heavy atom. The van der Waals surface area contributed by atoms with Gasteiger partial charge in [0.2, 0.25) is 0 Å². The van der Waals surface area contributed by atoms with Crippen molar-refractivity contribution in [3.05, 3.63) is 23.8 Å². The van der Waals surface area contributed by atoms with Gasteiger partial charge in [0, 0.05) is 13.6 Å². The molecule has 0 aromatic heterocycles. The molecule has 1 fully saturated rings. The second-order valence-electron chi connectivity index (χ2n) is 4.42. The lowest BCUT2D eigenvalue weighted by atomic mass is 10.1. The molecule has 0 spiro atoms. The molecular formula is C13H18N2O3. The van der Waals surface area contributed by atoms with E-state index >= 15 is 0 Å². The number of hydrogen-bond donors (Lipinski definition) is 1. The Kier molecular flexibility index (Phi) is 3.60. The number of amides is 2. The number of urea groups is 1. The van der Waals surface area contributed by atoms with Crippen molar-refractivity contribution in [2.24, 2.45) is 0 Å². The number of hydrogen-bond acceptors (Lipinski definition) is 3. The van der Waals surface area contributed by atoms with Gasteiger partial charge in [0.05, 0.1) is 20.3 Å². The fraction of sp³-hybridized carbons (Fsp3) is 0.462. The van der Waals surface area contributed by atoms with E-state index in [1.54, 1.807) is 26.2 Å². The van der Waals surface area contributed by atoms with Crippen LogP contribution in [-0.2, 0) is 6.42 Å². The topological polar surface area (TPSA) is 50.8 Å². The molecule has 2 rings (SSSR count). The lowest BCUT2D eigenvalue weighted by Crippen LogP contribution is -2.28. The van der Waals surface area contributed by atoms with Gasteiger partial charge in [-0.1, -0.05) is 6.07 Å². The number of methoxy groups -OCH3 is 2. The van der Waals surface area contributed by atoms with E-state index in [1.165, 1.54) is 0 Å². The van der Waals surface area contributed by atoms with E-state index in [4.69, 9.17) is 9.47 Å². The minimum atomic E-state index is -0.0134. The van der Waals surface area contributed by atoms with Crippen molar-refractivity contribution in [1.29, 1.82) is 0 Å². The van der Waals surface area contributed by atoms with Crippen molar-refractivity contribution < 1.29 is 14.3 Å². The van der Waals surface area contributed by atoms with E-state index < -0.39 is 0 Å². The van der Waals surface area contributed by atoms with Crippen LogP contribution >= 0.6 is 0 Å². The van der Waals surface area contributed by atoms with Crippen molar-refractivity contribution in [2.45, 2.75) is 12.5 Å². The zero-order valence-electron chi connectivity index (χ0n) is 10.9. The summed E-state index contributed by atoms with van der Waals surface area (Å²) in [6, 6.07) is 5.96. The molecule has 0 radical (unpaired) electrons. The third-order valence-electron chi connectivity index (χ3n) is 3.10. The molecule has 1 aliphatic heterocycles. The van der Waals surface area contributed by atoms with Crippen molar-refractivity contribution in [1.82, 2.24) is 10.2 Å². The molecule has 0 aliphatic carbocycles. The number of ether oxygens (including phenoxy) is 2. The van der Waals surface area contributed by atoms with Gasteiger partial charge in [-0.05, 0) is 24.1 Å². The van der Waals surface area contributed by atoms with E-state index in [2.05, 4.69) is 5.32 Å². The molecule has 2 amide bonds. The van der Waals surface area contributed by atoms with Crippen LogP contribution in [0.15, 0.2) is 18.2 Å². The van der Waals surface area contributed by atoms with Gasteiger partial charge >= 0.3 is 6.03 Å². The first kappa shape index (κ1) is 12.5. The average molecular weight is 250 g/mol. The Morgan fingerprint density at radius 2 is 2.06 bits per heavy atom. The maximum Gasteiger partial charge on any atom is 0.317 e. The molecule has 1 aromatic carbocycles. The first-order valence-electron chi connectivity index (χ1n) is 5.86. The summed E-state index contributed by atoms with van der Waals surface area (Å²) in [4.78, 5) is 13.1. The molecule has 5 nitrogen and oxygen atoms in total. The molecular weight excluding hydrogens is 232 g/mol. The van der Waals surface area contributed by atoms with E-state index in [0.29, 0.717) is 11.5 Å². The van der Waals surface area contributed by atoms with Crippen LogP contribution in [0.1, 0.15) is 5.56 Å². The van der Waals surface area contributed by atoms with Crippen LogP contribution in [0.4, 0.5) is 4.79 Å². The average Bonchev–Trinajstić information content (AvgIpc) is 2.68. The van der Waals surface area contributed by atoms with Crippen LogP contribution < -0.4 is 14.8 Å². The summed E-state index contributed by atoms with van der Waals surface area (Å²) < 4.78 is 10.5. The molecule has 1 aliphatic rings. The van der Waals surface area contributed by atoms with E-state index in [-0.39, 0.29) is 12.1 Å². The molecule has 98 valence electrons. The second kappa shape index (κ2) is 5.16. The van der Waals surface area contributed by atoms with Crippen molar-refractivity contribution >= 4 is 6.03 Å². The van der Waals surface area contributed by atoms with Gasteiger partial charge < -0.3 is 19.7 Å². The summed E-state index contributed by atoms with van der Waals surface area (Å²) in [6.07, 6.45) is 0.788. The smallest absolute Gasteiger partial charge is 0.317 e. The van der Waals surface area contributed by atoms with E-state index in [9.17, 15) is 4.79 Å². The molecule has 0 saturated carbocycles. The van der Waals surface area contributed by atoms with Gasteiger partial charge in [0.25, 0.3) is 0 Å². The van der Waals surface area contributed by atoms with Crippen LogP contribution in [0.5, 0.6) is 11.5 Å². The number of carbonyl (C=O) groups is 1. The predicted octanol–water partition coefficient (Wildman–Crippen LogP) is 1.27. The Balaban J connectivity index is 2.08. The zero-order valence-corrected chi connectivity index (χ0v) is 10.9. The monoisotopic (exact) mass is 250 g/mol. The van der Waals surface area contributed by atoms with Gasteiger partial charge in [0.1, 0.15) is 0 Å². The maximum atomic E-state index is 11.4. The molecule has 5 heteroatoms. The summed E-state index contributed by atoms with van der Waals surface area (Å²) in [5, 5.41) is 2.93. The van der Waals surface area contributed by atoms with Crippen LogP contribution in [0.3, 0.4) is 0 Å². The summed E-state index contributed by atoms with van der Waals surface area (Å²) in [5.41, 5.74) is 1.12. The normalized spacial score (nSPS) is 18.7. The molecule has 0 bridgehead atoms. The van der Waals surface area contributed by atoms with E-state index in [1.807, 2.05) is 18.2 Å². The number of rotatable bonds is 4. The molecule has 1 saturated heterocycles. The first-order valence-corrected chi connectivity index (χ1v) is 5.86. The van der Waals surface area contributed by atoms with Gasteiger partial charge in [-0.25, -0.2) is 4.79 Å². The van der Waals surface area contributed by atoms with Crippen molar-refractivity contribution in [3.8, 4) is 11.5 Å². The molecule has 1 atom stereocenters. The first-order chi connectivity index (χ1) is 8.63. The Labute approximate surface area is 107 Å². The highest BCUT2D eigenvalue weighted by molar-refractivity contribution is 5.76. The third-order valence-corrected chi connectivity index (χ3v) is 3.10. The number of nitrogens with zero attached hydrogens (tertiary/aromatic N) is 1. The van der Waals surface area contributed by atoms with Crippen LogP contribution in [-0.4, -0.2) is 44.8 Å². The Bertz CT molecular complexity index is 448. The molecule has 1 N–H and O–H groups in total. The highest BCUT2D eigenvalue weighted by Gasteiger charge is 2.25. The fourth-order valence-corrected chi connectivity index (χ4v) is 2.15. The highest BCUT2D eigenvalue weighted by atomic mass is 16.5. The lowest BCUT2D eigenvalue weighted by molar-refractivity contribution is 0.226. The second-order valence-corrected chi connectivity index (χ2v) is 4.42. The van der Waals surface area contributed by atoms with Gasteiger partial charge in [-0.15, -0.1) is 0 Å². The maximum absolute atomic E-state index is 11.4. The Morgan fingerprint density at radius 3 is 2.61 bits per heavy atom. The molecule has 18 heavy (non-hydrogen) atoms. The number of nitrogens with one attached hydrogen (secondary N) is 1. The largest absolute Gasteiger partial charge is 0.493 e. The number of carbonyl (C=O) groups excluding carboxylic acids is 1. The highest BCUT2D eigenvalue weighted by Crippen LogP contribution is 2.28. The molecule has 1 heterocycles.